The second kappa shape index (κ2) is 9.86. The van der Waals surface area contributed by atoms with E-state index in [1.165, 1.54) is 0 Å². The van der Waals surface area contributed by atoms with Crippen molar-refractivity contribution in [2.24, 2.45) is 0 Å². The molecule has 4 nitrogen and oxygen atoms in total. The Labute approximate surface area is 192 Å². The molecule has 3 rings (SSSR count). The molecule has 1 heterocycles. The van der Waals surface area contributed by atoms with Crippen molar-refractivity contribution in [2.45, 2.75) is 32.8 Å². The molecule has 0 unspecified atom stereocenters. The molecule has 0 aliphatic heterocycles. The number of hydrogen-bond donors (Lipinski definition) is 0. The van der Waals surface area contributed by atoms with Crippen LogP contribution in [0.2, 0.25) is 10.0 Å². The van der Waals surface area contributed by atoms with Crippen LogP contribution in [0.3, 0.4) is 0 Å². The third-order valence-corrected chi connectivity index (χ3v) is 5.56. The first kappa shape index (κ1) is 22.7. The minimum absolute atomic E-state index is 0.319. The number of benzene rings is 2. The minimum Gasteiger partial charge on any atom is -0.489 e. The lowest BCUT2D eigenvalue weighted by molar-refractivity contribution is 0.300. The Morgan fingerprint density at radius 1 is 0.933 bits per heavy atom. The lowest BCUT2D eigenvalue weighted by Crippen LogP contribution is -2.19. The van der Waals surface area contributed by atoms with Gasteiger partial charge in [0.2, 0.25) is 0 Å². The van der Waals surface area contributed by atoms with E-state index >= 15 is 0 Å². The molecule has 0 fully saturated rings. The second-order valence-corrected chi connectivity index (χ2v) is 8.53. The van der Waals surface area contributed by atoms with E-state index in [0.29, 0.717) is 34.9 Å². The first-order valence-electron chi connectivity index (χ1n) is 9.51. The molecule has 2 aromatic carbocycles. The molecule has 0 aliphatic rings. The number of halogens is 3. The van der Waals surface area contributed by atoms with Gasteiger partial charge in [-0.15, -0.1) is 11.6 Å². The Kier molecular flexibility index (Phi) is 7.45. The van der Waals surface area contributed by atoms with Gasteiger partial charge in [0, 0.05) is 11.6 Å². The zero-order valence-corrected chi connectivity index (χ0v) is 19.4. The van der Waals surface area contributed by atoms with E-state index < -0.39 is 0 Å². The van der Waals surface area contributed by atoms with E-state index in [2.05, 4.69) is 23.8 Å². The molecule has 0 saturated heterocycles. The highest BCUT2D eigenvalue weighted by molar-refractivity contribution is 6.37. The molecule has 0 aliphatic carbocycles. The molecule has 0 spiro atoms. The maximum absolute atomic E-state index is 6.42. The molecule has 30 heavy (non-hydrogen) atoms. The van der Waals surface area contributed by atoms with Crippen molar-refractivity contribution in [3.05, 3.63) is 81.4 Å². The van der Waals surface area contributed by atoms with Crippen LogP contribution in [0.1, 0.15) is 36.5 Å². The van der Waals surface area contributed by atoms with Gasteiger partial charge in [-0.05, 0) is 48.4 Å². The van der Waals surface area contributed by atoms with Gasteiger partial charge < -0.3 is 9.47 Å². The van der Waals surface area contributed by atoms with Crippen molar-refractivity contribution >= 4 is 34.8 Å². The fourth-order valence-electron chi connectivity index (χ4n) is 3.08. The summed E-state index contributed by atoms with van der Waals surface area (Å²) in [5, 5.41) is 0.937. The van der Waals surface area contributed by atoms with Crippen LogP contribution in [0, 0.1) is 6.92 Å². The smallest absolute Gasteiger partial charge is 0.156 e. The predicted molar refractivity (Wildman–Crippen MR) is 122 cm³/mol. The van der Waals surface area contributed by atoms with Crippen LogP contribution in [-0.2, 0) is 12.0 Å². The summed E-state index contributed by atoms with van der Waals surface area (Å²) in [6.07, 6.45) is 1.73. The number of aromatic nitrogens is 2. The first-order chi connectivity index (χ1) is 14.3. The molecule has 7 heteroatoms. The van der Waals surface area contributed by atoms with Gasteiger partial charge in [-0.3, -0.25) is 0 Å². The third kappa shape index (κ3) is 5.37. The number of nitrogens with zero attached hydrogens (tertiary/aromatic N) is 2. The van der Waals surface area contributed by atoms with Crippen LogP contribution >= 0.6 is 34.8 Å². The standard InChI is InChI=1S/C23H23Cl3N2O2/c1-15-27-10-8-18(28-15)14-30-19-6-4-16(5-7-19)23(2,3)17-12-20(25)22(21(26)13-17)29-11-9-24/h4-8,10,12-13H,9,11,14H2,1-3H3. The van der Waals surface area contributed by atoms with E-state index in [1.54, 1.807) is 6.20 Å². The van der Waals surface area contributed by atoms with Gasteiger partial charge in [0.05, 0.1) is 21.6 Å². The van der Waals surface area contributed by atoms with Crippen LogP contribution in [-0.4, -0.2) is 22.5 Å². The average molecular weight is 466 g/mol. The lowest BCUT2D eigenvalue weighted by Gasteiger charge is -2.27. The number of hydrogen-bond acceptors (Lipinski definition) is 4. The van der Waals surface area contributed by atoms with Gasteiger partial charge in [0.15, 0.2) is 5.75 Å². The summed E-state index contributed by atoms with van der Waals surface area (Å²) in [6, 6.07) is 13.6. The van der Waals surface area contributed by atoms with Crippen LogP contribution in [0.5, 0.6) is 11.5 Å². The van der Waals surface area contributed by atoms with Crippen LogP contribution in [0.4, 0.5) is 0 Å². The number of ether oxygens (including phenoxy) is 2. The summed E-state index contributed by atoms with van der Waals surface area (Å²) in [5.41, 5.74) is 2.61. The van der Waals surface area contributed by atoms with Crippen molar-refractivity contribution in [1.82, 2.24) is 9.97 Å². The van der Waals surface area contributed by atoms with Crippen molar-refractivity contribution < 1.29 is 9.47 Å². The number of aryl methyl sites for hydroxylation is 1. The first-order valence-corrected chi connectivity index (χ1v) is 10.8. The van der Waals surface area contributed by atoms with Crippen LogP contribution in [0.15, 0.2) is 48.7 Å². The highest BCUT2D eigenvalue weighted by Crippen LogP contribution is 2.40. The predicted octanol–water partition coefficient (Wildman–Crippen LogP) is 6.61. The van der Waals surface area contributed by atoms with Gasteiger partial charge in [0.1, 0.15) is 24.8 Å². The van der Waals surface area contributed by atoms with Crippen molar-refractivity contribution in [3.8, 4) is 11.5 Å². The molecule has 3 aromatic rings. The topological polar surface area (TPSA) is 44.2 Å². The van der Waals surface area contributed by atoms with Gasteiger partial charge in [-0.25, -0.2) is 9.97 Å². The second-order valence-electron chi connectivity index (χ2n) is 7.34. The Balaban J connectivity index is 1.76. The highest BCUT2D eigenvalue weighted by atomic mass is 35.5. The molecule has 158 valence electrons. The van der Waals surface area contributed by atoms with Crippen molar-refractivity contribution in [2.75, 3.05) is 12.5 Å². The summed E-state index contributed by atoms with van der Waals surface area (Å²) < 4.78 is 11.4. The van der Waals surface area contributed by atoms with Gasteiger partial charge >= 0.3 is 0 Å². The van der Waals surface area contributed by atoms with Gasteiger partial charge in [0.25, 0.3) is 0 Å². The zero-order valence-electron chi connectivity index (χ0n) is 17.1. The molecule has 1 aromatic heterocycles. The van der Waals surface area contributed by atoms with Crippen molar-refractivity contribution in [3.63, 3.8) is 0 Å². The molecule has 0 radical (unpaired) electrons. The fraction of sp³-hybridized carbons (Fsp3) is 0.304. The monoisotopic (exact) mass is 464 g/mol. The number of alkyl halides is 1. The van der Waals surface area contributed by atoms with Crippen molar-refractivity contribution in [1.29, 1.82) is 0 Å². The van der Waals surface area contributed by atoms with Gasteiger partial charge in [-0.2, -0.15) is 0 Å². The zero-order chi connectivity index (χ0) is 21.7. The summed E-state index contributed by atoms with van der Waals surface area (Å²) in [7, 11) is 0. The lowest BCUT2D eigenvalue weighted by atomic mass is 9.78. The molecule has 0 atom stereocenters. The minimum atomic E-state index is -0.319. The average Bonchev–Trinajstić information content (AvgIpc) is 2.72. The summed E-state index contributed by atoms with van der Waals surface area (Å²) in [4.78, 5) is 8.44. The Hall–Kier alpha value is -2.01. The molecular formula is C23H23Cl3N2O2. The maximum atomic E-state index is 6.42. The van der Waals surface area contributed by atoms with Crippen LogP contribution < -0.4 is 9.47 Å². The Bertz CT molecular complexity index is 985. The number of rotatable bonds is 8. The summed E-state index contributed by atoms with van der Waals surface area (Å²) in [6.45, 7) is 6.83. The van der Waals surface area contributed by atoms with E-state index in [-0.39, 0.29) is 5.41 Å². The third-order valence-electron chi connectivity index (χ3n) is 4.84. The fourth-order valence-corrected chi connectivity index (χ4v) is 3.75. The molecule has 0 bridgehead atoms. The molecule has 0 N–H and O–H groups in total. The van der Waals surface area contributed by atoms with E-state index in [4.69, 9.17) is 44.3 Å². The SMILES string of the molecule is Cc1nccc(COc2ccc(C(C)(C)c3cc(Cl)c(OCCCl)c(Cl)c3)cc2)n1. The molecule has 0 amide bonds. The van der Waals surface area contributed by atoms with E-state index in [1.807, 2.05) is 49.4 Å². The molecule has 0 saturated carbocycles. The Morgan fingerprint density at radius 3 is 2.20 bits per heavy atom. The normalized spacial score (nSPS) is 11.4. The van der Waals surface area contributed by atoms with E-state index in [9.17, 15) is 0 Å². The quantitative estimate of drug-likeness (QED) is 0.351. The maximum Gasteiger partial charge on any atom is 0.156 e. The highest BCUT2D eigenvalue weighted by Gasteiger charge is 2.25. The van der Waals surface area contributed by atoms with E-state index in [0.717, 1.165) is 28.4 Å². The van der Waals surface area contributed by atoms with Crippen LogP contribution in [0.25, 0.3) is 0 Å². The summed E-state index contributed by atoms with van der Waals surface area (Å²) >= 11 is 18.5. The largest absolute Gasteiger partial charge is 0.489 e. The summed E-state index contributed by atoms with van der Waals surface area (Å²) in [5.74, 6) is 2.32. The van der Waals surface area contributed by atoms with Gasteiger partial charge in [-0.1, -0.05) is 49.2 Å². The molecular weight excluding hydrogens is 443 g/mol. The Morgan fingerprint density at radius 2 is 1.60 bits per heavy atom.